The van der Waals surface area contributed by atoms with Crippen molar-refractivity contribution in [2.24, 2.45) is 5.92 Å². The molecule has 0 aromatic heterocycles. The van der Waals surface area contributed by atoms with Crippen molar-refractivity contribution in [3.05, 3.63) is 11.3 Å². The van der Waals surface area contributed by atoms with Crippen LogP contribution in [0.1, 0.15) is 20.3 Å². The van der Waals surface area contributed by atoms with Crippen molar-refractivity contribution in [2.45, 2.75) is 50.7 Å². The van der Waals surface area contributed by atoms with Gasteiger partial charge in [-0.15, -0.1) is 0 Å². The predicted octanol–water partition coefficient (Wildman–Crippen LogP) is -5.40. The molecule has 7 N–H and O–H groups in total. The predicted molar refractivity (Wildman–Crippen MR) is 69.6 cm³/mol. The van der Waals surface area contributed by atoms with Crippen LogP contribution in [0.3, 0.4) is 0 Å². The fourth-order valence-electron chi connectivity index (χ4n) is 2.79. The summed E-state index contributed by atoms with van der Waals surface area (Å²) in [6.07, 6.45) is -3.38. The van der Waals surface area contributed by atoms with E-state index in [4.69, 9.17) is 4.74 Å². The smallest absolute Gasteiger partial charge is 0.338 e. The topological polar surface area (TPSA) is 144 Å². The van der Waals surface area contributed by atoms with Gasteiger partial charge in [0.2, 0.25) is 0 Å². The molecule has 0 radical (unpaired) electrons. The number of hydrogen-bond donors (Lipinski definition) is 5. The monoisotopic (exact) mass is 336 g/mol. The van der Waals surface area contributed by atoms with Crippen molar-refractivity contribution < 1.29 is 47.8 Å². The number of rotatable bonds is 2. The number of carbonyl (C=O) groups excluding carboxylic acids is 2. The van der Waals surface area contributed by atoms with Crippen molar-refractivity contribution in [1.82, 2.24) is 5.32 Å². The number of cyclic esters (lactones) is 1. The van der Waals surface area contributed by atoms with Gasteiger partial charge in [-0.3, -0.25) is 4.79 Å². The van der Waals surface area contributed by atoms with E-state index < -0.39 is 42.3 Å². The lowest BCUT2D eigenvalue weighted by molar-refractivity contribution is -0.398. The number of carbonyl (C=O) groups is 2. The first-order valence-electron chi connectivity index (χ1n) is 6.86. The van der Waals surface area contributed by atoms with Gasteiger partial charge in [-0.1, -0.05) is 0 Å². The van der Waals surface area contributed by atoms with E-state index in [1.54, 1.807) is 13.8 Å². The molecule has 2 aliphatic rings. The summed E-state index contributed by atoms with van der Waals surface area (Å²) in [5.74, 6) is -2.32. The number of aliphatic hydroxyl groups is 3. The molecule has 1 unspecified atom stereocenters. The second kappa shape index (κ2) is 6.82. The number of nitrogens with one attached hydrogen (secondary N) is 1. The summed E-state index contributed by atoms with van der Waals surface area (Å²) in [6, 6.07) is -1.26. The molecule has 0 spiro atoms. The summed E-state index contributed by atoms with van der Waals surface area (Å²) in [7, 11) is 0. The van der Waals surface area contributed by atoms with Gasteiger partial charge in [0.1, 0.15) is 11.9 Å². The number of fused-ring (bicyclic) bond motifs is 1. The largest absolute Gasteiger partial charge is 1.00 e. The van der Waals surface area contributed by atoms with Crippen LogP contribution in [-0.2, 0) is 14.3 Å². The lowest BCUT2D eigenvalue weighted by Gasteiger charge is -2.43. The Morgan fingerprint density at radius 3 is 2.59 bits per heavy atom. The van der Waals surface area contributed by atoms with E-state index in [1.165, 1.54) is 0 Å². The highest BCUT2D eigenvalue weighted by Crippen LogP contribution is 2.37. The number of ether oxygens (including phenoxy) is 1. The standard InChI is InChI=1S/C13H20N2O6.ClH/c1-4(14)12(19)15-10-5(2)21-13(20)8-6(16)3-7(17)11(18)9(8)10;/h4-5,7,9-11,16-18H,3,14H2,1-2H3,(H,15,19);1H/t4-,5-,7+,9?,10-,11-;/m0./s1. The van der Waals surface area contributed by atoms with Gasteiger partial charge in [-0.25, -0.2) is 4.79 Å². The first kappa shape index (κ1) is 18.7. The Labute approximate surface area is 133 Å². The Morgan fingerprint density at radius 2 is 2.05 bits per heavy atom. The Balaban J connectivity index is 0.00000242. The molecule has 1 saturated heterocycles. The van der Waals surface area contributed by atoms with Crippen LogP contribution in [0.2, 0.25) is 0 Å². The fourth-order valence-corrected chi connectivity index (χ4v) is 2.79. The quantitative estimate of drug-likeness (QED) is 0.318. The van der Waals surface area contributed by atoms with Crippen molar-refractivity contribution in [3.63, 3.8) is 0 Å². The van der Waals surface area contributed by atoms with Crippen LogP contribution in [0.5, 0.6) is 0 Å². The van der Waals surface area contributed by atoms with Crippen molar-refractivity contribution in [3.8, 4) is 0 Å². The Bertz CT molecular complexity index is 495. The Hall–Kier alpha value is -1.35. The molecule has 1 aliphatic heterocycles. The molecular formula is C13H21ClN2O6. The minimum absolute atomic E-state index is 0. The molecule has 1 fully saturated rings. The maximum Gasteiger partial charge on any atom is 0.338 e. The van der Waals surface area contributed by atoms with E-state index in [2.05, 4.69) is 11.1 Å². The highest BCUT2D eigenvalue weighted by Gasteiger charge is 2.51. The zero-order valence-electron chi connectivity index (χ0n) is 12.3. The molecule has 22 heavy (non-hydrogen) atoms. The normalized spacial score (nSPS) is 35.9. The number of esters is 1. The molecule has 8 nitrogen and oxygen atoms in total. The Kier molecular flexibility index (Phi) is 5.80. The summed E-state index contributed by atoms with van der Waals surface area (Å²) in [4.78, 5) is 23.8. The average Bonchev–Trinajstić information content (AvgIpc) is 2.38. The third-order valence-electron chi connectivity index (χ3n) is 3.97. The highest BCUT2D eigenvalue weighted by molar-refractivity contribution is 5.91. The Morgan fingerprint density at radius 1 is 1.45 bits per heavy atom. The van der Waals surface area contributed by atoms with Crippen LogP contribution >= 0.6 is 0 Å². The van der Waals surface area contributed by atoms with Crippen molar-refractivity contribution in [2.75, 3.05) is 0 Å². The van der Waals surface area contributed by atoms with Gasteiger partial charge < -0.3 is 43.5 Å². The molecule has 0 saturated carbocycles. The van der Waals surface area contributed by atoms with Gasteiger partial charge in [-0.05, 0) is 13.8 Å². The van der Waals surface area contributed by atoms with Crippen LogP contribution < -0.4 is 23.5 Å². The molecule has 1 amide bonds. The van der Waals surface area contributed by atoms with E-state index in [0.717, 1.165) is 0 Å². The summed E-state index contributed by atoms with van der Waals surface area (Å²) in [6.45, 7) is 3.19. The number of amides is 1. The molecule has 9 heteroatoms. The molecule has 6 atom stereocenters. The molecule has 1 heterocycles. The van der Waals surface area contributed by atoms with Crippen LogP contribution in [0.4, 0.5) is 0 Å². The first-order chi connectivity index (χ1) is 9.73. The molecule has 0 aromatic rings. The third-order valence-corrected chi connectivity index (χ3v) is 3.97. The second-order valence-electron chi connectivity index (χ2n) is 5.69. The zero-order valence-corrected chi connectivity index (χ0v) is 13.1. The van der Waals surface area contributed by atoms with Crippen LogP contribution in [0, 0.1) is 5.92 Å². The number of halogens is 1. The third kappa shape index (κ3) is 3.19. The lowest BCUT2D eigenvalue weighted by Crippen LogP contribution is -3.00. The van der Waals surface area contributed by atoms with Crippen LogP contribution in [0.25, 0.3) is 0 Å². The van der Waals surface area contributed by atoms with Crippen molar-refractivity contribution >= 4 is 11.9 Å². The van der Waals surface area contributed by atoms with Gasteiger partial charge in [0.05, 0.1) is 23.8 Å². The van der Waals surface area contributed by atoms with E-state index >= 15 is 0 Å². The second-order valence-corrected chi connectivity index (χ2v) is 5.69. The molecule has 1 aliphatic carbocycles. The molecule has 0 aromatic carbocycles. The maximum atomic E-state index is 11.9. The molecule has 2 rings (SSSR count). The lowest BCUT2D eigenvalue weighted by atomic mass is 9.74. The summed E-state index contributed by atoms with van der Waals surface area (Å²) in [5.41, 5.74) is 3.53. The summed E-state index contributed by atoms with van der Waals surface area (Å²) < 4.78 is 5.12. The average molecular weight is 337 g/mol. The van der Waals surface area contributed by atoms with Crippen LogP contribution in [-0.4, -0.2) is 57.6 Å². The number of aliphatic hydroxyl groups excluding tert-OH is 3. The van der Waals surface area contributed by atoms with E-state index in [1.807, 2.05) is 0 Å². The van der Waals surface area contributed by atoms with Crippen molar-refractivity contribution in [1.29, 1.82) is 0 Å². The van der Waals surface area contributed by atoms with E-state index in [0.29, 0.717) is 0 Å². The maximum absolute atomic E-state index is 11.9. The summed E-state index contributed by atoms with van der Waals surface area (Å²) in [5, 5.41) is 32.5. The minimum atomic E-state index is -1.27. The number of hydrogen-bond acceptors (Lipinski definition) is 6. The minimum Gasteiger partial charge on any atom is -1.00 e. The first-order valence-corrected chi connectivity index (χ1v) is 6.86. The fraction of sp³-hybridized carbons (Fsp3) is 0.692. The van der Waals surface area contributed by atoms with Crippen LogP contribution in [0.15, 0.2) is 11.3 Å². The van der Waals surface area contributed by atoms with E-state index in [9.17, 15) is 24.9 Å². The molecule has 0 bridgehead atoms. The summed E-state index contributed by atoms with van der Waals surface area (Å²) >= 11 is 0. The zero-order chi connectivity index (χ0) is 15.9. The SMILES string of the molecule is C[C@H]([NH3+])C(=O)N[C@@H]1C2C(=C(O)C[C@@H](O)[C@@H]2O)C(=O)O[C@H]1C.[Cl-]. The van der Waals surface area contributed by atoms with Gasteiger partial charge >= 0.3 is 5.97 Å². The van der Waals surface area contributed by atoms with Gasteiger partial charge in [0, 0.05) is 12.3 Å². The number of quaternary nitrogens is 1. The van der Waals surface area contributed by atoms with Gasteiger partial charge in [0.15, 0.2) is 6.04 Å². The highest BCUT2D eigenvalue weighted by atomic mass is 35.5. The molecular weight excluding hydrogens is 316 g/mol. The van der Waals surface area contributed by atoms with E-state index in [-0.39, 0.29) is 36.1 Å². The van der Waals surface area contributed by atoms with Gasteiger partial charge in [0.25, 0.3) is 5.91 Å². The van der Waals surface area contributed by atoms with Gasteiger partial charge in [-0.2, -0.15) is 0 Å². The molecule has 126 valence electrons.